The van der Waals surface area contributed by atoms with Gasteiger partial charge in [-0.25, -0.2) is 4.72 Å². The Morgan fingerprint density at radius 1 is 1.06 bits per heavy atom. The zero-order chi connectivity index (χ0) is 13.3. The predicted octanol–water partition coefficient (Wildman–Crippen LogP) is -0.0672. The van der Waals surface area contributed by atoms with E-state index in [0.29, 0.717) is 32.8 Å². The van der Waals surface area contributed by atoms with E-state index >= 15 is 0 Å². The maximum atomic E-state index is 12.0. The molecule has 0 atom stereocenters. The van der Waals surface area contributed by atoms with Crippen molar-refractivity contribution in [3.8, 4) is 0 Å². The zero-order valence-electron chi connectivity index (χ0n) is 11.2. The van der Waals surface area contributed by atoms with E-state index in [1.807, 2.05) is 0 Å². The number of ether oxygens (including phenoxy) is 1. The average molecular weight is 279 g/mol. The molecule has 1 aliphatic heterocycles. The number of methoxy groups -OCH3 is 1. The Hall–Kier alpha value is -0.210. The van der Waals surface area contributed by atoms with Gasteiger partial charge in [-0.05, 0) is 12.8 Å². The highest BCUT2D eigenvalue weighted by Gasteiger charge is 2.21. The lowest BCUT2D eigenvalue weighted by Gasteiger charge is -2.20. The van der Waals surface area contributed by atoms with Crippen LogP contribution in [0.15, 0.2) is 0 Å². The summed E-state index contributed by atoms with van der Waals surface area (Å²) in [5.74, 6) is 0. The molecule has 0 spiro atoms. The SMILES string of the molecule is COCCNCCNS(=O)(=O)N1CCCCCC1. The Morgan fingerprint density at radius 2 is 1.72 bits per heavy atom. The van der Waals surface area contributed by atoms with Gasteiger partial charge in [0.1, 0.15) is 0 Å². The van der Waals surface area contributed by atoms with Crippen molar-refractivity contribution in [3.63, 3.8) is 0 Å². The second-order valence-electron chi connectivity index (χ2n) is 4.46. The van der Waals surface area contributed by atoms with Crippen molar-refractivity contribution in [1.29, 1.82) is 0 Å². The van der Waals surface area contributed by atoms with Crippen molar-refractivity contribution in [2.45, 2.75) is 25.7 Å². The van der Waals surface area contributed by atoms with Gasteiger partial charge >= 0.3 is 0 Å². The lowest BCUT2D eigenvalue weighted by Crippen LogP contribution is -2.43. The van der Waals surface area contributed by atoms with Crippen LogP contribution in [0.4, 0.5) is 0 Å². The van der Waals surface area contributed by atoms with Crippen molar-refractivity contribution in [1.82, 2.24) is 14.3 Å². The van der Waals surface area contributed by atoms with Crippen LogP contribution in [0.25, 0.3) is 0 Å². The molecular formula is C11H25N3O3S. The van der Waals surface area contributed by atoms with E-state index in [-0.39, 0.29) is 0 Å². The molecule has 0 aromatic heterocycles. The average Bonchev–Trinajstić information content (AvgIpc) is 2.63. The Bertz CT molecular complexity index is 301. The van der Waals surface area contributed by atoms with Gasteiger partial charge in [0.05, 0.1) is 6.61 Å². The van der Waals surface area contributed by atoms with Gasteiger partial charge in [0, 0.05) is 39.8 Å². The maximum Gasteiger partial charge on any atom is 0.279 e. The van der Waals surface area contributed by atoms with E-state index in [9.17, 15) is 8.42 Å². The number of hydrogen-bond acceptors (Lipinski definition) is 4. The van der Waals surface area contributed by atoms with Gasteiger partial charge in [0.15, 0.2) is 0 Å². The summed E-state index contributed by atoms with van der Waals surface area (Å²) in [5, 5.41) is 3.10. The maximum absolute atomic E-state index is 12.0. The molecule has 7 heteroatoms. The summed E-state index contributed by atoms with van der Waals surface area (Å²) >= 11 is 0. The molecule has 0 unspecified atom stereocenters. The van der Waals surface area contributed by atoms with E-state index in [1.165, 1.54) is 0 Å². The van der Waals surface area contributed by atoms with Crippen LogP contribution in [-0.2, 0) is 14.9 Å². The predicted molar refractivity (Wildman–Crippen MR) is 71.7 cm³/mol. The Balaban J connectivity index is 2.21. The van der Waals surface area contributed by atoms with Crippen LogP contribution >= 0.6 is 0 Å². The van der Waals surface area contributed by atoms with Crippen LogP contribution in [0.2, 0.25) is 0 Å². The molecule has 6 nitrogen and oxygen atoms in total. The molecule has 0 saturated carbocycles. The molecule has 2 N–H and O–H groups in total. The molecule has 1 rings (SSSR count). The topological polar surface area (TPSA) is 70.7 Å². The molecule has 108 valence electrons. The fourth-order valence-corrected chi connectivity index (χ4v) is 3.22. The van der Waals surface area contributed by atoms with Crippen molar-refractivity contribution < 1.29 is 13.2 Å². The van der Waals surface area contributed by atoms with E-state index in [2.05, 4.69) is 10.0 Å². The van der Waals surface area contributed by atoms with Crippen LogP contribution in [-0.4, -0.2) is 59.2 Å². The molecule has 0 aromatic rings. The highest BCUT2D eigenvalue weighted by molar-refractivity contribution is 7.87. The second-order valence-corrected chi connectivity index (χ2v) is 6.21. The van der Waals surface area contributed by atoms with Gasteiger partial charge < -0.3 is 10.1 Å². The van der Waals surface area contributed by atoms with Gasteiger partial charge in [-0.1, -0.05) is 12.8 Å². The van der Waals surface area contributed by atoms with Gasteiger partial charge in [-0.2, -0.15) is 12.7 Å². The normalized spacial score (nSPS) is 18.7. The Labute approximate surface area is 110 Å². The van der Waals surface area contributed by atoms with Crippen LogP contribution in [0.5, 0.6) is 0 Å². The monoisotopic (exact) mass is 279 g/mol. The van der Waals surface area contributed by atoms with Crippen LogP contribution in [0.3, 0.4) is 0 Å². The first kappa shape index (κ1) is 15.8. The van der Waals surface area contributed by atoms with Crippen LogP contribution in [0.1, 0.15) is 25.7 Å². The summed E-state index contributed by atoms with van der Waals surface area (Å²) in [4.78, 5) is 0. The standard InChI is InChI=1S/C11H25N3O3S/c1-17-11-8-12-6-7-13-18(15,16)14-9-4-2-3-5-10-14/h12-13H,2-11H2,1H3. The fraction of sp³-hybridized carbons (Fsp3) is 1.00. The van der Waals surface area contributed by atoms with Crippen LogP contribution in [0, 0.1) is 0 Å². The third kappa shape index (κ3) is 6.10. The molecular weight excluding hydrogens is 254 g/mol. The van der Waals surface area contributed by atoms with Crippen molar-refractivity contribution in [2.24, 2.45) is 0 Å². The molecule has 0 radical (unpaired) electrons. The van der Waals surface area contributed by atoms with E-state index < -0.39 is 10.2 Å². The number of hydrogen-bond donors (Lipinski definition) is 2. The molecule has 1 heterocycles. The minimum Gasteiger partial charge on any atom is -0.383 e. The summed E-state index contributed by atoms with van der Waals surface area (Å²) in [7, 11) is -1.64. The summed E-state index contributed by atoms with van der Waals surface area (Å²) in [6, 6.07) is 0. The lowest BCUT2D eigenvalue weighted by molar-refractivity contribution is 0.199. The minimum absolute atomic E-state index is 0.419. The summed E-state index contributed by atoms with van der Waals surface area (Å²) in [5.41, 5.74) is 0. The third-order valence-electron chi connectivity index (χ3n) is 2.97. The Kier molecular flexibility index (Phi) is 7.76. The third-order valence-corrected chi connectivity index (χ3v) is 4.59. The highest BCUT2D eigenvalue weighted by Crippen LogP contribution is 2.11. The summed E-state index contributed by atoms with van der Waals surface area (Å²) < 4.78 is 33.1. The highest BCUT2D eigenvalue weighted by atomic mass is 32.2. The second kappa shape index (κ2) is 8.82. The first-order chi connectivity index (χ1) is 8.67. The van der Waals surface area contributed by atoms with Crippen molar-refractivity contribution >= 4 is 10.2 Å². The zero-order valence-corrected chi connectivity index (χ0v) is 12.0. The largest absolute Gasteiger partial charge is 0.383 e. The lowest BCUT2D eigenvalue weighted by atomic mass is 10.2. The van der Waals surface area contributed by atoms with E-state index in [0.717, 1.165) is 32.2 Å². The molecule has 1 saturated heterocycles. The first-order valence-electron chi connectivity index (χ1n) is 6.61. The van der Waals surface area contributed by atoms with Crippen molar-refractivity contribution in [3.05, 3.63) is 0 Å². The van der Waals surface area contributed by atoms with Gasteiger partial charge in [0.25, 0.3) is 10.2 Å². The van der Waals surface area contributed by atoms with E-state index in [4.69, 9.17) is 4.74 Å². The molecule has 18 heavy (non-hydrogen) atoms. The van der Waals surface area contributed by atoms with Crippen molar-refractivity contribution in [2.75, 3.05) is 46.4 Å². The van der Waals surface area contributed by atoms with Gasteiger partial charge in [0.2, 0.25) is 0 Å². The first-order valence-corrected chi connectivity index (χ1v) is 8.05. The smallest absolute Gasteiger partial charge is 0.279 e. The minimum atomic E-state index is -3.29. The fourth-order valence-electron chi connectivity index (χ4n) is 1.94. The summed E-state index contributed by atoms with van der Waals surface area (Å²) in [6.45, 7) is 3.71. The van der Waals surface area contributed by atoms with E-state index in [1.54, 1.807) is 11.4 Å². The quantitative estimate of drug-likeness (QED) is 0.610. The summed E-state index contributed by atoms with van der Waals surface area (Å²) in [6.07, 6.45) is 4.19. The molecule has 1 fully saturated rings. The Morgan fingerprint density at radius 3 is 2.33 bits per heavy atom. The molecule has 0 aromatic carbocycles. The molecule has 1 aliphatic rings. The van der Waals surface area contributed by atoms with Gasteiger partial charge in [-0.3, -0.25) is 0 Å². The molecule has 0 bridgehead atoms. The number of nitrogens with zero attached hydrogens (tertiary/aromatic N) is 1. The number of rotatable bonds is 8. The molecule has 0 aliphatic carbocycles. The van der Waals surface area contributed by atoms with Crippen LogP contribution < -0.4 is 10.0 Å². The number of nitrogens with one attached hydrogen (secondary N) is 2. The molecule has 0 amide bonds. The van der Waals surface area contributed by atoms with Gasteiger partial charge in [-0.15, -0.1) is 0 Å².